The van der Waals surface area contributed by atoms with E-state index in [1.807, 2.05) is 0 Å². The number of ketones is 2. The Bertz CT molecular complexity index is 1630. The average Bonchev–Trinajstić information content (AvgIpc) is 2.95. The predicted octanol–water partition coefficient (Wildman–Crippen LogP) is 3.57. The number of rotatable bonds is 5. The molecule has 12 nitrogen and oxygen atoms in total. The number of amides is 1. The van der Waals surface area contributed by atoms with Gasteiger partial charge in [0.15, 0.2) is 18.2 Å². The summed E-state index contributed by atoms with van der Waals surface area (Å²) in [6, 6.07) is 2.41. The monoisotopic (exact) mass is 671 g/mol. The maximum Gasteiger partial charge on any atom is 0.471 e. The molecule has 2 aromatic carbocycles. The first kappa shape index (κ1) is 33.4. The van der Waals surface area contributed by atoms with Crippen LogP contribution in [0.4, 0.5) is 13.2 Å². The fourth-order valence-electron chi connectivity index (χ4n) is 6.32. The molecule has 2 aliphatic carbocycles. The Morgan fingerprint density at radius 1 is 1.09 bits per heavy atom. The maximum absolute atomic E-state index is 13.6. The summed E-state index contributed by atoms with van der Waals surface area (Å²) in [4.78, 5) is 50.9. The van der Waals surface area contributed by atoms with Crippen molar-refractivity contribution in [2.45, 2.75) is 87.8 Å². The number of carbonyl (C=O) groups excluding carboxylic acids is 4. The molecule has 7 atom stereocenters. The molecule has 1 saturated heterocycles. The van der Waals surface area contributed by atoms with Crippen LogP contribution < -0.4 is 5.32 Å². The Hall–Kier alpha value is -3.92. The number of benzene rings is 2. The maximum atomic E-state index is 13.6. The summed E-state index contributed by atoms with van der Waals surface area (Å²) >= 11 is 6.35. The topological polar surface area (TPSA) is 189 Å². The first-order valence-corrected chi connectivity index (χ1v) is 14.6. The van der Waals surface area contributed by atoms with Crippen LogP contribution in [0.2, 0.25) is 0 Å². The summed E-state index contributed by atoms with van der Waals surface area (Å²) in [7, 11) is 0. The van der Waals surface area contributed by atoms with Gasteiger partial charge in [0.1, 0.15) is 22.8 Å². The number of carbonyl (C=O) groups is 4. The van der Waals surface area contributed by atoms with Crippen molar-refractivity contribution in [1.82, 2.24) is 5.32 Å². The molecular formula is C30H29ClF3NO11. The van der Waals surface area contributed by atoms with Crippen LogP contribution in [-0.2, 0) is 23.8 Å². The minimum absolute atomic E-state index is 0.114. The van der Waals surface area contributed by atoms with Gasteiger partial charge in [0.25, 0.3) is 0 Å². The molecule has 2 aromatic rings. The fourth-order valence-corrected chi connectivity index (χ4v) is 6.73. The molecule has 0 aromatic heterocycles. The van der Waals surface area contributed by atoms with E-state index in [0.717, 1.165) is 13.0 Å². The number of fused-ring (bicyclic) bond motifs is 3. The number of esters is 1. The lowest BCUT2D eigenvalue weighted by molar-refractivity contribution is -0.237. The van der Waals surface area contributed by atoms with Crippen molar-refractivity contribution in [2.24, 2.45) is 0 Å². The van der Waals surface area contributed by atoms with Gasteiger partial charge in [-0.2, -0.15) is 13.2 Å². The molecule has 0 spiro atoms. The lowest BCUT2D eigenvalue weighted by Crippen LogP contribution is -2.57. The first-order valence-electron chi connectivity index (χ1n) is 14.2. The third-order valence-corrected chi connectivity index (χ3v) is 9.00. The van der Waals surface area contributed by atoms with Crippen molar-refractivity contribution < 1.29 is 67.0 Å². The first-order chi connectivity index (χ1) is 21.4. The molecule has 0 radical (unpaired) electrons. The SMILES string of the molecule is CC[C@@]1(O)C[C@H](O[C@H]2C[C@H](Cl)[C@H](NC(=O)C(F)(F)F)[C@H](C)O2)c2c(O)c3c(c(O)c2[C@H]1OC(C)=O)C(=O)c1cccc(O)c1C3=O. The fraction of sp³-hybridized carbons (Fsp3) is 0.467. The second-order valence-electron chi connectivity index (χ2n) is 11.4. The van der Waals surface area contributed by atoms with Crippen LogP contribution in [0.5, 0.6) is 17.2 Å². The van der Waals surface area contributed by atoms with Gasteiger partial charge >= 0.3 is 18.1 Å². The highest BCUT2D eigenvalue weighted by molar-refractivity contribution is 6.31. The summed E-state index contributed by atoms with van der Waals surface area (Å²) in [5.41, 5.74) is -4.75. The van der Waals surface area contributed by atoms with Crippen LogP contribution >= 0.6 is 11.6 Å². The predicted molar refractivity (Wildman–Crippen MR) is 150 cm³/mol. The van der Waals surface area contributed by atoms with E-state index in [1.165, 1.54) is 26.0 Å². The molecule has 3 aliphatic rings. The van der Waals surface area contributed by atoms with E-state index >= 15 is 0 Å². The van der Waals surface area contributed by atoms with Gasteiger partial charge in [0.2, 0.25) is 5.78 Å². The molecule has 1 aliphatic heterocycles. The van der Waals surface area contributed by atoms with Crippen molar-refractivity contribution in [3.8, 4) is 17.2 Å². The average molecular weight is 672 g/mol. The molecule has 0 bridgehead atoms. The molecule has 1 fully saturated rings. The second-order valence-corrected chi connectivity index (χ2v) is 12.0. The van der Waals surface area contributed by atoms with Crippen molar-refractivity contribution in [3.05, 3.63) is 51.6 Å². The van der Waals surface area contributed by atoms with E-state index in [1.54, 1.807) is 5.32 Å². The zero-order chi connectivity index (χ0) is 34.0. The Morgan fingerprint density at radius 2 is 1.72 bits per heavy atom. The standard InChI is InChI=1S/C30H29ClF3NO11/c1-4-29(43)9-15(46-16-8-13(31)22(10(2)44-16)35-28(42)30(32,33)34)18-21(27(29)45-11(3)36)26(41)19-20(25(18)40)24(39)17-12(23(19)38)6-5-7-14(17)37/h5-7,10,13,15-16,22,27,37,40-41,43H,4,8-9H2,1-3H3,(H,35,42)/t10-,13-,15-,16-,22+,27+,29+/m0/s1. The van der Waals surface area contributed by atoms with Gasteiger partial charge in [0, 0.05) is 36.5 Å². The third-order valence-electron chi connectivity index (χ3n) is 8.55. The number of hydrogen-bond donors (Lipinski definition) is 5. The van der Waals surface area contributed by atoms with E-state index in [2.05, 4.69) is 0 Å². The lowest BCUT2D eigenvalue weighted by Gasteiger charge is -2.46. The Kier molecular flexibility index (Phi) is 8.51. The number of aliphatic hydroxyl groups is 1. The number of halogens is 4. The van der Waals surface area contributed by atoms with Gasteiger partial charge < -0.3 is 40.0 Å². The van der Waals surface area contributed by atoms with Gasteiger partial charge in [0.05, 0.1) is 40.3 Å². The summed E-state index contributed by atoms with van der Waals surface area (Å²) < 4.78 is 55.8. The zero-order valence-electron chi connectivity index (χ0n) is 24.5. The number of phenolic OH excluding ortho intramolecular Hbond substituents is 3. The molecule has 1 heterocycles. The quantitative estimate of drug-likeness (QED) is 0.151. The zero-order valence-corrected chi connectivity index (χ0v) is 25.2. The number of alkyl halides is 4. The number of nitrogens with one attached hydrogen (secondary N) is 1. The molecule has 1 amide bonds. The van der Waals surface area contributed by atoms with E-state index < -0.39 is 117 Å². The molecule has 5 N–H and O–H groups in total. The van der Waals surface area contributed by atoms with Crippen molar-refractivity contribution >= 4 is 35.0 Å². The lowest BCUT2D eigenvalue weighted by atomic mass is 9.70. The minimum Gasteiger partial charge on any atom is -0.507 e. The van der Waals surface area contributed by atoms with E-state index in [-0.39, 0.29) is 24.0 Å². The van der Waals surface area contributed by atoms with Gasteiger partial charge in [-0.25, -0.2) is 0 Å². The van der Waals surface area contributed by atoms with Gasteiger partial charge in [-0.15, -0.1) is 11.6 Å². The summed E-state index contributed by atoms with van der Waals surface area (Å²) in [6.07, 6.45) is -11.6. The van der Waals surface area contributed by atoms with Crippen LogP contribution in [0.25, 0.3) is 0 Å². The largest absolute Gasteiger partial charge is 0.507 e. The summed E-state index contributed by atoms with van der Waals surface area (Å²) in [6.45, 7) is 3.91. The number of hydrogen-bond acceptors (Lipinski definition) is 11. The summed E-state index contributed by atoms with van der Waals surface area (Å²) in [5.74, 6) is -7.37. The highest BCUT2D eigenvalue weighted by Crippen LogP contribution is 2.57. The molecule has 0 saturated carbocycles. The van der Waals surface area contributed by atoms with Crippen LogP contribution in [0.1, 0.15) is 95.2 Å². The van der Waals surface area contributed by atoms with E-state index in [4.69, 9.17) is 25.8 Å². The number of phenols is 3. The minimum atomic E-state index is -5.17. The van der Waals surface area contributed by atoms with Crippen LogP contribution in [0.3, 0.4) is 0 Å². The second kappa shape index (κ2) is 11.7. The molecule has 0 unspecified atom stereocenters. The number of aromatic hydroxyl groups is 3. The van der Waals surface area contributed by atoms with Crippen molar-refractivity contribution in [3.63, 3.8) is 0 Å². The van der Waals surface area contributed by atoms with Crippen molar-refractivity contribution in [1.29, 1.82) is 0 Å². The Labute approximate surface area is 264 Å². The van der Waals surface area contributed by atoms with E-state index in [0.29, 0.717) is 0 Å². The molecule has 16 heteroatoms. The smallest absolute Gasteiger partial charge is 0.471 e. The number of ether oxygens (including phenoxy) is 3. The molecule has 5 rings (SSSR count). The Morgan fingerprint density at radius 3 is 2.30 bits per heavy atom. The molecule has 46 heavy (non-hydrogen) atoms. The highest BCUT2D eigenvalue weighted by Gasteiger charge is 2.54. The molecule has 248 valence electrons. The van der Waals surface area contributed by atoms with E-state index in [9.17, 15) is 52.8 Å². The summed E-state index contributed by atoms with van der Waals surface area (Å²) in [5, 5.41) is 46.0. The highest BCUT2D eigenvalue weighted by atomic mass is 35.5. The van der Waals surface area contributed by atoms with Crippen LogP contribution in [0, 0.1) is 0 Å². The van der Waals surface area contributed by atoms with Crippen molar-refractivity contribution in [2.75, 3.05) is 0 Å². The van der Waals surface area contributed by atoms with Gasteiger partial charge in [-0.05, 0) is 19.4 Å². The molecular weight excluding hydrogens is 643 g/mol. The van der Waals surface area contributed by atoms with Crippen LogP contribution in [-0.4, -0.2) is 79.5 Å². The third kappa shape index (κ3) is 5.44. The normalized spacial score (nSPS) is 29.0. The van der Waals surface area contributed by atoms with Gasteiger partial charge in [-0.3, -0.25) is 19.2 Å². The Balaban J connectivity index is 1.61. The van der Waals surface area contributed by atoms with Crippen LogP contribution in [0.15, 0.2) is 18.2 Å². The van der Waals surface area contributed by atoms with Gasteiger partial charge in [-0.1, -0.05) is 19.1 Å².